The zero-order valence-corrected chi connectivity index (χ0v) is 10.9. The van der Waals surface area contributed by atoms with E-state index in [1.54, 1.807) is 7.05 Å². The average molecular weight is 361 g/mol. The number of imidazole rings is 1. The summed E-state index contributed by atoms with van der Waals surface area (Å²) in [4.78, 5) is -2.98. The Kier molecular flexibility index (Phi) is 5.26. The van der Waals surface area contributed by atoms with Crippen LogP contribution in [-0.2, 0) is 22.1 Å². The molecule has 12 heteroatoms. The van der Waals surface area contributed by atoms with Crippen LogP contribution >= 0.6 is 15.9 Å². The van der Waals surface area contributed by atoms with E-state index in [2.05, 4.69) is 15.9 Å². The van der Waals surface area contributed by atoms with E-state index >= 15 is 0 Å². The van der Waals surface area contributed by atoms with E-state index in [0.29, 0.717) is 0 Å². The van der Waals surface area contributed by atoms with Gasteiger partial charge in [0.05, 0.1) is 7.05 Å². The summed E-state index contributed by atoms with van der Waals surface area (Å²) >= 11 is 2.22. The molecule has 0 aliphatic rings. The molecule has 0 bridgehead atoms. The number of rotatable bonds is 1. The van der Waals surface area contributed by atoms with Crippen molar-refractivity contribution < 1.29 is 39.5 Å². The van der Waals surface area contributed by atoms with Gasteiger partial charge in [0.2, 0.25) is 6.33 Å². The third-order valence-electron chi connectivity index (χ3n) is 1.35. The molecule has 1 aromatic heterocycles. The predicted octanol–water partition coefficient (Wildman–Crippen LogP) is 1.27. The second kappa shape index (κ2) is 5.48. The first kappa shape index (κ1) is 17.2. The van der Waals surface area contributed by atoms with Gasteiger partial charge in [0.15, 0.2) is 10.1 Å². The Labute approximate surface area is 107 Å². The number of hydrogen-bond acceptors (Lipinski definition) is 3. The third-order valence-corrected chi connectivity index (χ3v) is 2.32. The van der Waals surface area contributed by atoms with E-state index in [1.807, 2.05) is 0 Å². The zero-order valence-electron chi connectivity index (χ0n) is 8.53. The van der Waals surface area contributed by atoms with E-state index in [-0.39, 0.29) is 0 Å². The number of aryl methyl sites for hydroxylation is 1. The Bertz CT molecular complexity index is 492. The highest BCUT2D eigenvalue weighted by Crippen LogP contribution is 2.26. The molecule has 0 spiro atoms. The summed E-state index contributed by atoms with van der Waals surface area (Å²) < 4.78 is 85.9. The summed E-state index contributed by atoms with van der Waals surface area (Å²) in [7, 11) is -4.41. The van der Waals surface area contributed by atoms with Crippen LogP contribution in [0.2, 0.25) is 0 Å². The minimum Gasteiger partial charge on any atom is -0.741 e. The molecule has 18 heavy (non-hydrogen) atoms. The van der Waals surface area contributed by atoms with Crippen molar-refractivity contribution in [1.29, 1.82) is 0 Å². The van der Waals surface area contributed by atoms with E-state index in [1.165, 1.54) is 23.3 Å². The smallest absolute Gasteiger partial charge is 0.485 e. The molecule has 1 rings (SSSR count). The van der Waals surface area contributed by atoms with Crippen LogP contribution in [0.25, 0.3) is 0 Å². The molecule has 0 radical (unpaired) electrons. The summed E-state index contributed by atoms with van der Waals surface area (Å²) in [5.41, 5.74) is -5.65. The fraction of sp³-hybridized carbons (Fsp3) is 0.500. The molecule has 0 aromatic carbocycles. The summed E-state index contributed by atoms with van der Waals surface area (Å²) in [5, 5.41) is 0. The number of nitrogens with zero attached hydrogens (tertiary/aromatic N) is 2. The topological polar surface area (TPSA) is 66.0 Å². The number of aromatic nitrogens is 2. The third kappa shape index (κ3) is 5.73. The van der Waals surface area contributed by atoms with Crippen molar-refractivity contribution >= 4 is 26.0 Å². The van der Waals surface area contributed by atoms with Crippen LogP contribution in [0.15, 0.2) is 18.7 Å². The van der Waals surface area contributed by atoms with Gasteiger partial charge in [0.1, 0.15) is 12.4 Å². The van der Waals surface area contributed by atoms with Crippen LogP contribution in [0, 0.1) is 0 Å². The largest absolute Gasteiger partial charge is 0.741 e. The van der Waals surface area contributed by atoms with Gasteiger partial charge in [-0.05, 0) is 0 Å². The van der Waals surface area contributed by atoms with Crippen LogP contribution < -0.4 is 4.57 Å². The Morgan fingerprint density at radius 1 is 1.28 bits per heavy atom. The molecule has 0 aliphatic carbocycles. The van der Waals surface area contributed by atoms with E-state index in [0.717, 1.165) is 4.57 Å². The quantitative estimate of drug-likeness (QED) is 0.249. The lowest BCUT2D eigenvalue weighted by Crippen LogP contribution is -2.25. The SMILES string of the molecule is C[n+]1ccn(C(F)(F)Br)c1.O=S(=O)([O-])C(F)(F)F. The Hall–Kier alpha value is -0.750. The summed E-state index contributed by atoms with van der Waals surface area (Å²) in [6.07, 6.45) is 4.11. The summed E-state index contributed by atoms with van der Waals surface area (Å²) in [6, 6.07) is 0. The van der Waals surface area contributed by atoms with Crippen LogP contribution in [0.5, 0.6) is 0 Å². The van der Waals surface area contributed by atoms with Gasteiger partial charge >= 0.3 is 10.5 Å². The Balaban J connectivity index is 0.000000331. The van der Waals surface area contributed by atoms with Crippen molar-refractivity contribution in [3.05, 3.63) is 18.7 Å². The fourth-order valence-corrected chi connectivity index (χ4v) is 0.810. The van der Waals surface area contributed by atoms with Gasteiger partial charge in [0, 0.05) is 15.9 Å². The molecule has 0 fully saturated rings. The van der Waals surface area contributed by atoms with Crippen LogP contribution in [0.3, 0.4) is 0 Å². The van der Waals surface area contributed by atoms with Crippen molar-refractivity contribution in [1.82, 2.24) is 4.57 Å². The maximum absolute atomic E-state index is 12.3. The second-order valence-corrected chi connectivity index (χ2v) is 5.18. The van der Waals surface area contributed by atoms with E-state index in [9.17, 15) is 22.0 Å². The van der Waals surface area contributed by atoms with Crippen molar-refractivity contribution in [3.8, 4) is 0 Å². The molecule has 0 saturated carbocycles. The molecule has 0 amide bonds. The molecule has 0 aliphatic heterocycles. The molecule has 1 aromatic rings. The highest BCUT2D eigenvalue weighted by molar-refractivity contribution is 9.09. The second-order valence-electron chi connectivity index (χ2n) is 2.85. The van der Waals surface area contributed by atoms with Gasteiger partial charge in [-0.15, -0.1) is 8.78 Å². The molecule has 0 saturated heterocycles. The molecule has 0 atom stereocenters. The van der Waals surface area contributed by atoms with Crippen molar-refractivity contribution in [3.63, 3.8) is 0 Å². The van der Waals surface area contributed by atoms with Crippen LogP contribution in [-0.4, -0.2) is 23.0 Å². The normalized spacial score (nSPS) is 12.9. The molecular weight excluding hydrogens is 355 g/mol. The van der Waals surface area contributed by atoms with Crippen LogP contribution in [0.4, 0.5) is 22.0 Å². The first-order chi connectivity index (χ1) is 7.75. The lowest BCUT2D eigenvalue weighted by Gasteiger charge is -2.08. The van der Waals surface area contributed by atoms with Gasteiger partial charge in [-0.2, -0.15) is 17.7 Å². The molecule has 5 nitrogen and oxygen atoms in total. The van der Waals surface area contributed by atoms with Crippen molar-refractivity contribution in [2.75, 3.05) is 0 Å². The molecular formula is C6H6BrF5N2O3S. The molecule has 0 unspecified atom stereocenters. The molecule has 1 heterocycles. The minimum absolute atomic E-state index is 0.771. The van der Waals surface area contributed by atoms with Gasteiger partial charge in [-0.3, -0.25) is 0 Å². The fourth-order valence-electron chi connectivity index (χ4n) is 0.600. The van der Waals surface area contributed by atoms with E-state index < -0.39 is 20.6 Å². The number of alkyl halides is 6. The van der Waals surface area contributed by atoms with E-state index in [4.69, 9.17) is 13.0 Å². The first-order valence-corrected chi connectivity index (χ1v) is 6.08. The lowest BCUT2D eigenvalue weighted by atomic mass is 10.9. The van der Waals surface area contributed by atoms with Gasteiger partial charge in [0.25, 0.3) is 0 Å². The highest BCUT2D eigenvalue weighted by Gasteiger charge is 2.37. The maximum Gasteiger partial charge on any atom is 0.485 e. The van der Waals surface area contributed by atoms with Gasteiger partial charge < -0.3 is 4.55 Å². The van der Waals surface area contributed by atoms with Gasteiger partial charge in [-0.1, -0.05) is 0 Å². The number of hydrogen-bond donors (Lipinski definition) is 0. The Morgan fingerprint density at radius 2 is 1.67 bits per heavy atom. The highest BCUT2D eigenvalue weighted by atomic mass is 79.9. The number of halogens is 6. The predicted molar refractivity (Wildman–Crippen MR) is 50.5 cm³/mol. The Morgan fingerprint density at radius 3 is 1.78 bits per heavy atom. The maximum atomic E-state index is 12.3. The zero-order chi connectivity index (χ0) is 14.8. The minimum atomic E-state index is -6.09. The molecule has 0 N–H and O–H groups in total. The van der Waals surface area contributed by atoms with Gasteiger partial charge in [-0.25, -0.2) is 13.0 Å². The first-order valence-electron chi connectivity index (χ1n) is 3.87. The summed E-state index contributed by atoms with van der Waals surface area (Å²) in [5.74, 6) is 0. The molecule has 106 valence electrons. The van der Waals surface area contributed by atoms with Crippen molar-refractivity contribution in [2.45, 2.75) is 10.5 Å². The summed E-state index contributed by atoms with van der Waals surface area (Å²) in [6.45, 7) is 0. The standard InChI is InChI=1S/C5H6BrF2N2.CHF3O3S/c1-9-2-3-10(4-9)5(6,7)8;2-1(3,4)8(5,6)7/h2-4H,1H3;(H,5,6,7)/q+1;/p-1. The van der Waals surface area contributed by atoms with Crippen molar-refractivity contribution in [2.24, 2.45) is 7.05 Å². The lowest BCUT2D eigenvalue weighted by molar-refractivity contribution is -0.671. The van der Waals surface area contributed by atoms with Crippen LogP contribution in [0.1, 0.15) is 0 Å². The average Bonchev–Trinajstić information content (AvgIpc) is 2.47. The monoisotopic (exact) mass is 360 g/mol.